The monoisotopic (exact) mass is 355 g/mol. The van der Waals surface area contributed by atoms with Crippen LogP contribution >= 0.6 is 15.9 Å². The molecule has 6 heteroatoms. The Morgan fingerprint density at radius 3 is 2.48 bits per heavy atom. The number of fused-ring (bicyclic) bond motifs is 1. The van der Waals surface area contributed by atoms with Crippen LogP contribution in [-0.4, -0.2) is 37.7 Å². The topological polar surface area (TPSA) is 55.8 Å². The van der Waals surface area contributed by atoms with Gasteiger partial charge < -0.3 is 14.4 Å². The van der Waals surface area contributed by atoms with Gasteiger partial charge in [0.25, 0.3) is 11.7 Å². The average Bonchev–Trinajstić information content (AvgIpc) is 2.71. The zero-order valence-electron chi connectivity index (χ0n) is 12.1. The molecule has 0 saturated carbocycles. The fourth-order valence-corrected chi connectivity index (χ4v) is 2.93. The highest BCUT2D eigenvalue weighted by Gasteiger charge is 2.37. The van der Waals surface area contributed by atoms with Crippen molar-refractivity contribution < 1.29 is 19.1 Å². The number of carbonyl (C=O) groups is 2. The summed E-state index contributed by atoms with van der Waals surface area (Å²) in [5.74, 6) is -0.959. The molecule has 0 unspecified atom stereocenters. The van der Waals surface area contributed by atoms with Crippen molar-refractivity contribution in [1.29, 1.82) is 0 Å². The highest BCUT2D eigenvalue weighted by atomic mass is 79.9. The lowest BCUT2D eigenvalue weighted by atomic mass is 10.1. The van der Waals surface area contributed by atoms with Gasteiger partial charge >= 0.3 is 0 Å². The van der Waals surface area contributed by atoms with Crippen molar-refractivity contribution in [2.45, 2.75) is 26.6 Å². The predicted molar refractivity (Wildman–Crippen MR) is 82.5 cm³/mol. The molecule has 0 saturated heterocycles. The fourth-order valence-electron chi connectivity index (χ4n) is 2.35. The molecule has 1 aromatic rings. The van der Waals surface area contributed by atoms with Crippen LogP contribution in [0.5, 0.6) is 0 Å². The zero-order valence-corrected chi connectivity index (χ0v) is 13.7. The van der Waals surface area contributed by atoms with E-state index in [4.69, 9.17) is 9.47 Å². The molecule has 5 nitrogen and oxygen atoms in total. The van der Waals surface area contributed by atoms with Crippen molar-refractivity contribution in [3.8, 4) is 0 Å². The summed E-state index contributed by atoms with van der Waals surface area (Å²) in [6.45, 7) is 5.24. The minimum Gasteiger partial charge on any atom is -0.353 e. The van der Waals surface area contributed by atoms with E-state index in [1.165, 1.54) is 4.90 Å². The van der Waals surface area contributed by atoms with E-state index in [9.17, 15) is 9.59 Å². The molecule has 1 amide bonds. The lowest BCUT2D eigenvalue weighted by Gasteiger charge is -2.22. The van der Waals surface area contributed by atoms with E-state index < -0.39 is 11.7 Å². The molecule has 114 valence electrons. The summed E-state index contributed by atoms with van der Waals surface area (Å²) in [5.41, 5.74) is 1.08. The molecule has 21 heavy (non-hydrogen) atoms. The number of hydrogen-bond acceptors (Lipinski definition) is 4. The van der Waals surface area contributed by atoms with E-state index in [1.807, 2.05) is 19.9 Å². The first-order valence-corrected chi connectivity index (χ1v) is 7.77. The molecule has 0 fully saturated rings. The lowest BCUT2D eigenvalue weighted by Crippen LogP contribution is -2.33. The number of ether oxygens (including phenoxy) is 2. The highest BCUT2D eigenvalue weighted by Crippen LogP contribution is 2.36. The second-order valence-corrected chi connectivity index (χ2v) is 5.41. The smallest absolute Gasteiger partial charge is 0.299 e. The molecule has 2 rings (SSSR count). The summed E-state index contributed by atoms with van der Waals surface area (Å²) in [6, 6.07) is 5.24. The van der Waals surface area contributed by atoms with Gasteiger partial charge in [0, 0.05) is 30.7 Å². The SMILES string of the molecule is CCOC(CCN1C(=O)C(=O)c2cccc(Br)c21)OCC. The number of amides is 1. The van der Waals surface area contributed by atoms with Crippen molar-refractivity contribution >= 4 is 33.3 Å². The van der Waals surface area contributed by atoms with E-state index in [0.717, 1.165) is 4.47 Å². The van der Waals surface area contributed by atoms with Crippen molar-refractivity contribution in [2.75, 3.05) is 24.7 Å². The number of anilines is 1. The number of hydrogen-bond donors (Lipinski definition) is 0. The summed E-state index contributed by atoms with van der Waals surface area (Å²) >= 11 is 3.40. The largest absolute Gasteiger partial charge is 0.353 e. The van der Waals surface area contributed by atoms with Crippen LogP contribution in [0.3, 0.4) is 0 Å². The van der Waals surface area contributed by atoms with E-state index >= 15 is 0 Å². The Morgan fingerprint density at radius 1 is 1.19 bits per heavy atom. The van der Waals surface area contributed by atoms with Crippen LogP contribution in [-0.2, 0) is 14.3 Å². The number of carbonyl (C=O) groups excluding carboxylic acids is 2. The number of benzene rings is 1. The molecule has 1 aliphatic heterocycles. The van der Waals surface area contributed by atoms with Crippen LogP contribution in [0.25, 0.3) is 0 Å². The standard InChI is InChI=1S/C15H18BrNO4/c1-3-20-12(21-4-2)8-9-17-13-10(14(18)15(17)19)6-5-7-11(13)16/h5-7,12H,3-4,8-9H2,1-2H3. The Hall–Kier alpha value is -1.24. The molecular weight excluding hydrogens is 338 g/mol. The Morgan fingerprint density at radius 2 is 1.86 bits per heavy atom. The van der Waals surface area contributed by atoms with Crippen LogP contribution < -0.4 is 4.90 Å². The van der Waals surface area contributed by atoms with E-state index in [0.29, 0.717) is 37.4 Å². The minimum absolute atomic E-state index is 0.366. The van der Waals surface area contributed by atoms with E-state index in [2.05, 4.69) is 15.9 Å². The molecule has 0 radical (unpaired) electrons. The molecule has 0 N–H and O–H groups in total. The minimum atomic E-state index is -0.497. The Bertz CT molecular complexity index is 540. The third-order valence-corrected chi connectivity index (χ3v) is 3.87. The number of nitrogens with zero attached hydrogens (tertiary/aromatic N) is 1. The maximum absolute atomic E-state index is 12.1. The van der Waals surface area contributed by atoms with Gasteiger partial charge in [-0.3, -0.25) is 9.59 Å². The van der Waals surface area contributed by atoms with Crippen LogP contribution in [0.2, 0.25) is 0 Å². The third-order valence-electron chi connectivity index (χ3n) is 3.23. The maximum Gasteiger partial charge on any atom is 0.299 e. The van der Waals surface area contributed by atoms with Gasteiger partial charge in [0.2, 0.25) is 0 Å². The van der Waals surface area contributed by atoms with Crippen LogP contribution in [0.15, 0.2) is 22.7 Å². The summed E-state index contributed by atoms with van der Waals surface area (Å²) < 4.78 is 11.7. The summed E-state index contributed by atoms with van der Waals surface area (Å²) in [4.78, 5) is 25.6. The van der Waals surface area contributed by atoms with Crippen LogP contribution in [0.4, 0.5) is 5.69 Å². The normalized spacial score (nSPS) is 14.2. The first-order chi connectivity index (χ1) is 10.1. The molecule has 1 aliphatic rings. The predicted octanol–water partition coefficient (Wildman–Crippen LogP) is 2.77. The number of halogens is 1. The second kappa shape index (κ2) is 7.15. The zero-order chi connectivity index (χ0) is 15.4. The second-order valence-electron chi connectivity index (χ2n) is 4.55. The number of para-hydroxylation sites is 1. The van der Waals surface area contributed by atoms with Crippen molar-refractivity contribution in [1.82, 2.24) is 0 Å². The molecular formula is C15H18BrNO4. The van der Waals surface area contributed by atoms with Gasteiger partial charge in [0.05, 0.1) is 11.3 Å². The Kier molecular flexibility index (Phi) is 5.50. The molecule has 0 aromatic heterocycles. The van der Waals surface area contributed by atoms with Crippen molar-refractivity contribution in [3.05, 3.63) is 28.2 Å². The molecule has 0 aliphatic carbocycles. The van der Waals surface area contributed by atoms with Gasteiger partial charge in [-0.15, -0.1) is 0 Å². The van der Waals surface area contributed by atoms with Crippen LogP contribution in [0.1, 0.15) is 30.6 Å². The van der Waals surface area contributed by atoms with Gasteiger partial charge in [-0.05, 0) is 41.9 Å². The molecule has 0 bridgehead atoms. The number of rotatable bonds is 7. The maximum atomic E-state index is 12.1. The molecule has 1 aromatic carbocycles. The lowest BCUT2D eigenvalue weighted by molar-refractivity contribution is -0.138. The summed E-state index contributed by atoms with van der Waals surface area (Å²) in [7, 11) is 0. The van der Waals surface area contributed by atoms with E-state index in [-0.39, 0.29) is 6.29 Å². The highest BCUT2D eigenvalue weighted by molar-refractivity contribution is 9.10. The van der Waals surface area contributed by atoms with Crippen molar-refractivity contribution in [2.24, 2.45) is 0 Å². The average molecular weight is 356 g/mol. The third kappa shape index (κ3) is 3.33. The summed E-state index contributed by atoms with van der Waals surface area (Å²) in [6.07, 6.45) is 0.149. The Labute approximate surface area is 132 Å². The van der Waals surface area contributed by atoms with Gasteiger partial charge in [-0.1, -0.05) is 6.07 Å². The molecule has 1 heterocycles. The number of ketones is 1. The molecule has 0 atom stereocenters. The number of Topliss-reactive ketones (excluding diaryl/α,β-unsaturated/α-hetero) is 1. The summed E-state index contributed by atoms with van der Waals surface area (Å²) in [5, 5.41) is 0. The van der Waals surface area contributed by atoms with Crippen molar-refractivity contribution in [3.63, 3.8) is 0 Å². The quantitative estimate of drug-likeness (QED) is 0.557. The van der Waals surface area contributed by atoms with Gasteiger partial charge in [-0.25, -0.2) is 0 Å². The fraction of sp³-hybridized carbons (Fsp3) is 0.467. The molecule has 0 spiro atoms. The first kappa shape index (κ1) is 16.1. The van der Waals surface area contributed by atoms with Crippen LogP contribution in [0, 0.1) is 0 Å². The Balaban J connectivity index is 2.14. The van der Waals surface area contributed by atoms with Gasteiger partial charge in [-0.2, -0.15) is 0 Å². The van der Waals surface area contributed by atoms with Gasteiger partial charge in [0.15, 0.2) is 6.29 Å². The van der Waals surface area contributed by atoms with Gasteiger partial charge in [0.1, 0.15) is 0 Å². The van der Waals surface area contributed by atoms with E-state index in [1.54, 1.807) is 12.1 Å². The first-order valence-electron chi connectivity index (χ1n) is 6.98.